The highest BCUT2D eigenvalue weighted by molar-refractivity contribution is 7.99. The number of rotatable bonds is 5. The average molecular weight is 388 g/mol. The molecule has 0 saturated carbocycles. The summed E-state index contributed by atoms with van der Waals surface area (Å²) in [6, 6.07) is 5.17. The largest absolute Gasteiger partial charge is 0.445 e. The Hall–Kier alpha value is -2.54. The van der Waals surface area contributed by atoms with Gasteiger partial charge < -0.3 is 4.42 Å². The molecular weight excluding hydrogens is 381 g/mol. The number of hydrogen-bond acceptors (Lipinski definition) is 9. The molecule has 0 bridgehead atoms. The molecule has 0 aliphatic carbocycles. The van der Waals surface area contributed by atoms with Gasteiger partial charge in [0, 0.05) is 6.20 Å². The van der Waals surface area contributed by atoms with Gasteiger partial charge in [0.15, 0.2) is 0 Å². The second-order valence-corrected chi connectivity index (χ2v) is 6.24. The fourth-order valence-corrected chi connectivity index (χ4v) is 2.72. The number of halogens is 3. The van der Waals surface area contributed by atoms with Gasteiger partial charge in [-0.15, -0.1) is 20.4 Å². The third-order valence-electron chi connectivity index (χ3n) is 2.53. The summed E-state index contributed by atoms with van der Waals surface area (Å²) in [5.41, 5.74) is 0.486. The topological polar surface area (TPSA) is 107 Å². The fourth-order valence-electron chi connectivity index (χ4n) is 1.53. The van der Waals surface area contributed by atoms with E-state index in [-0.39, 0.29) is 33.3 Å². The number of hydrogen-bond donors (Lipinski definition) is 1. The second-order valence-electron chi connectivity index (χ2n) is 4.34. The molecule has 0 aliphatic rings. The van der Waals surface area contributed by atoms with Crippen molar-refractivity contribution in [2.75, 3.05) is 11.1 Å². The summed E-state index contributed by atoms with van der Waals surface area (Å²) in [6.07, 6.45) is -3.03. The van der Waals surface area contributed by atoms with Gasteiger partial charge in [0.2, 0.25) is 16.0 Å². The molecule has 0 radical (unpaired) electrons. The molecule has 3 heterocycles. The first-order valence-electron chi connectivity index (χ1n) is 6.50. The number of carbonyl (C=O) groups excluding carboxylic acids is 1. The molecule has 3 aromatic heterocycles. The molecule has 3 aromatic rings. The van der Waals surface area contributed by atoms with Crippen molar-refractivity contribution in [1.82, 2.24) is 25.4 Å². The molecule has 3 rings (SSSR count). The van der Waals surface area contributed by atoms with E-state index in [2.05, 4.69) is 30.7 Å². The van der Waals surface area contributed by atoms with Gasteiger partial charge >= 0.3 is 6.18 Å². The first-order chi connectivity index (χ1) is 11.9. The number of amides is 1. The molecule has 0 unspecified atom stereocenters. The Balaban J connectivity index is 1.54. The minimum atomic E-state index is -4.60. The van der Waals surface area contributed by atoms with Gasteiger partial charge in [-0.3, -0.25) is 15.1 Å². The van der Waals surface area contributed by atoms with Gasteiger partial charge in [-0.25, -0.2) is 0 Å². The molecule has 1 amide bonds. The molecule has 0 aromatic carbocycles. The van der Waals surface area contributed by atoms with Crippen LogP contribution in [-0.2, 0) is 11.0 Å². The van der Waals surface area contributed by atoms with Crippen molar-refractivity contribution in [3.8, 4) is 11.6 Å². The minimum Gasteiger partial charge on any atom is -0.410 e. The van der Waals surface area contributed by atoms with E-state index < -0.39 is 17.1 Å². The molecular formula is C12H7F3N6O2S2. The Kier molecular flexibility index (Phi) is 4.94. The highest BCUT2D eigenvalue weighted by Crippen LogP contribution is 2.33. The summed E-state index contributed by atoms with van der Waals surface area (Å²) >= 11 is 1.17. The van der Waals surface area contributed by atoms with E-state index in [0.717, 1.165) is 11.8 Å². The van der Waals surface area contributed by atoms with Crippen LogP contribution in [0.1, 0.15) is 5.01 Å². The molecule has 1 N–H and O–H groups in total. The lowest BCUT2D eigenvalue weighted by Crippen LogP contribution is -2.13. The van der Waals surface area contributed by atoms with Crippen molar-refractivity contribution in [2.24, 2.45) is 0 Å². The van der Waals surface area contributed by atoms with Crippen molar-refractivity contribution in [2.45, 2.75) is 11.4 Å². The minimum absolute atomic E-state index is 0.129. The molecule has 130 valence electrons. The molecule has 13 heteroatoms. The summed E-state index contributed by atoms with van der Waals surface area (Å²) in [5.74, 6) is -0.528. The Labute approximate surface area is 145 Å². The number of carbonyl (C=O) groups is 1. The van der Waals surface area contributed by atoms with Gasteiger partial charge in [0.05, 0.1) is 5.75 Å². The number of alkyl halides is 3. The quantitative estimate of drug-likeness (QED) is 0.665. The normalized spacial score (nSPS) is 11.5. The first-order valence-corrected chi connectivity index (χ1v) is 8.30. The van der Waals surface area contributed by atoms with Crippen LogP contribution in [0.5, 0.6) is 0 Å². The van der Waals surface area contributed by atoms with E-state index in [0.29, 0.717) is 5.69 Å². The summed E-state index contributed by atoms with van der Waals surface area (Å²) in [5, 5.41) is 14.8. The zero-order valence-corrected chi connectivity index (χ0v) is 13.7. The molecule has 0 aliphatic heterocycles. The SMILES string of the molecule is O=C(CSc1nnc(-c2ccccn2)o1)Nc1nnc(C(F)(F)F)s1. The summed E-state index contributed by atoms with van der Waals surface area (Å²) in [4.78, 5) is 15.8. The number of nitrogens with zero attached hydrogens (tertiary/aromatic N) is 5. The summed E-state index contributed by atoms with van der Waals surface area (Å²) < 4.78 is 42.6. The average Bonchev–Trinajstić information content (AvgIpc) is 3.23. The van der Waals surface area contributed by atoms with E-state index >= 15 is 0 Å². The fraction of sp³-hybridized carbons (Fsp3) is 0.167. The van der Waals surface area contributed by atoms with E-state index in [1.165, 1.54) is 0 Å². The van der Waals surface area contributed by atoms with Crippen LogP contribution in [0.3, 0.4) is 0 Å². The van der Waals surface area contributed by atoms with Gasteiger partial charge in [0.1, 0.15) is 5.69 Å². The number of anilines is 1. The lowest BCUT2D eigenvalue weighted by Gasteiger charge is -1.99. The van der Waals surface area contributed by atoms with Gasteiger partial charge in [0.25, 0.3) is 11.1 Å². The lowest BCUT2D eigenvalue weighted by molar-refractivity contribution is -0.138. The Bertz CT molecular complexity index is 867. The van der Waals surface area contributed by atoms with Crippen molar-refractivity contribution >= 4 is 34.1 Å². The van der Waals surface area contributed by atoms with Crippen molar-refractivity contribution in [3.05, 3.63) is 29.4 Å². The van der Waals surface area contributed by atoms with E-state index in [9.17, 15) is 18.0 Å². The number of nitrogens with one attached hydrogen (secondary N) is 1. The van der Waals surface area contributed by atoms with E-state index in [1.807, 2.05) is 0 Å². The van der Waals surface area contributed by atoms with Crippen LogP contribution in [0.2, 0.25) is 0 Å². The maximum absolute atomic E-state index is 12.4. The highest BCUT2D eigenvalue weighted by Gasteiger charge is 2.35. The van der Waals surface area contributed by atoms with Crippen LogP contribution >= 0.6 is 23.1 Å². The van der Waals surface area contributed by atoms with Crippen LogP contribution < -0.4 is 5.32 Å². The molecule has 25 heavy (non-hydrogen) atoms. The maximum atomic E-state index is 12.4. The van der Waals surface area contributed by atoms with Crippen molar-refractivity contribution in [3.63, 3.8) is 0 Å². The molecule has 0 spiro atoms. The summed E-state index contributed by atoms with van der Waals surface area (Å²) in [6.45, 7) is 0. The lowest BCUT2D eigenvalue weighted by atomic mass is 10.3. The third kappa shape index (κ3) is 4.51. The van der Waals surface area contributed by atoms with E-state index in [1.54, 1.807) is 24.4 Å². The zero-order valence-electron chi connectivity index (χ0n) is 12.0. The monoisotopic (exact) mass is 388 g/mol. The van der Waals surface area contributed by atoms with Crippen LogP contribution in [0.15, 0.2) is 34.0 Å². The molecule has 0 atom stereocenters. The first kappa shape index (κ1) is 17.3. The zero-order chi connectivity index (χ0) is 17.9. The Morgan fingerprint density at radius 1 is 1.24 bits per heavy atom. The standard InChI is InChI=1S/C12H7F3N6O2S2/c13-12(14,15)9-19-20-10(25-9)17-7(22)5-24-11-21-18-8(23-11)6-3-1-2-4-16-6/h1-4H,5H2,(H,17,20,22). The Morgan fingerprint density at radius 3 is 2.76 bits per heavy atom. The Morgan fingerprint density at radius 2 is 2.08 bits per heavy atom. The van der Waals surface area contributed by atoms with Crippen LogP contribution in [0, 0.1) is 0 Å². The summed E-state index contributed by atoms with van der Waals surface area (Å²) in [7, 11) is 0. The predicted octanol–water partition coefficient (Wildman–Crippen LogP) is 2.73. The number of thioether (sulfide) groups is 1. The number of pyridine rings is 1. The van der Waals surface area contributed by atoms with Crippen LogP contribution in [-0.4, -0.2) is 37.0 Å². The highest BCUT2D eigenvalue weighted by atomic mass is 32.2. The van der Waals surface area contributed by atoms with Crippen molar-refractivity contribution in [1.29, 1.82) is 0 Å². The van der Waals surface area contributed by atoms with E-state index in [4.69, 9.17) is 4.42 Å². The molecule has 0 saturated heterocycles. The van der Waals surface area contributed by atoms with Crippen LogP contribution in [0.25, 0.3) is 11.6 Å². The predicted molar refractivity (Wildman–Crippen MR) is 81.8 cm³/mol. The van der Waals surface area contributed by atoms with Gasteiger partial charge in [-0.1, -0.05) is 29.2 Å². The number of aromatic nitrogens is 5. The molecule has 0 fully saturated rings. The van der Waals surface area contributed by atoms with Crippen LogP contribution in [0.4, 0.5) is 18.3 Å². The van der Waals surface area contributed by atoms with Gasteiger partial charge in [-0.05, 0) is 12.1 Å². The smallest absolute Gasteiger partial charge is 0.410 e. The third-order valence-corrected chi connectivity index (χ3v) is 4.23. The van der Waals surface area contributed by atoms with Gasteiger partial charge in [-0.2, -0.15) is 13.2 Å². The second kappa shape index (κ2) is 7.14. The van der Waals surface area contributed by atoms with Crippen molar-refractivity contribution < 1.29 is 22.4 Å². The maximum Gasteiger partial charge on any atom is 0.445 e. The molecule has 8 nitrogen and oxygen atoms in total.